The second-order valence-corrected chi connectivity index (χ2v) is 9.16. The Bertz CT molecular complexity index is 1410. The highest BCUT2D eigenvalue weighted by Gasteiger charge is 2.20. The van der Waals surface area contributed by atoms with Crippen LogP contribution in [0.4, 0.5) is 11.4 Å². The van der Waals surface area contributed by atoms with Gasteiger partial charge in [-0.2, -0.15) is 0 Å². The monoisotopic (exact) mass is 469 g/mol. The van der Waals surface area contributed by atoms with Crippen LogP contribution in [0.15, 0.2) is 71.6 Å². The number of carbonyl (C=O) groups is 1. The highest BCUT2D eigenvalue weighted by Crippen LogP contribution is 2.29. The molecule has 1 heterocycles. The Hall–Kier alpha value is -3.49. The van der Waals surface area contributed by atoms with Gasteiger partial charge in [0.25, 0.3) is 15.9 Å². The van der Waals surface area contributed by atoms with Crippen molar-refractivity contribution in [2.45, 2.75) is 11.8 Å². The van der Waals surface area contributed by atoms with Crippen molar-refractivity contribution in [2.24, 2.45) is 0 Å². The third-order valence-corrected chi connectivity index (χ3v) is 6.86. The number of aromatic amines is 1. The second kappa shape index (κ2) is 8.57. The van der Waals surface area contributed by atoms with E-state index >= 15 is 0 Å². The molecule has 0 spiro atoms. The molecule has 1 aromatic heterocycles. The van der Waals surface area contributed by atoms with Crippen LogP contribution in [0.3, 0.4) is 0 Å². The van der Waals surface area contributed by atoms with Crippen molar-refractivity contribution in [1.29, 1.82) is 0 Å². The lowest BCUT2D eigenvalue weighted by Crippen LogP contribution is -2.16. The summed E-state index contributed by atoms with van der Waals surface area (Å²) >= 11 is 6.35. The van der Waals surface area contributed by atoms with Crippen molar-refractivity contribution in [3.63, 3.8) is 0 Å². The molecule has 32 heavy (non-hydrogen) atoms. The summed E-state index contributed by atoms with van der Waals surface area (Å²) in [5, 5.41) is 3.75. The van der Waals surface area contributed by atoms with Crippen molar-refractivity contribution in [2.75, 3.05) is 17.1 Å². The van der Waals surface area contributed by atoms with Crippen LogP contribution in [0.25, 0.3) is 10.9 Å². The number of fused-ring (bicyclic) bond motifs is 1. The maximum Gasteiger partial charge on any atom is 0.273 e. The lowest BCUT2D eigenvalue weighted by atomic mass is 10.2. The number of para-hydroxylation sites is 1. The minimum atomic E-state index is -3.89. The first kappa shape index (κ1) is 21.7. The zero-order valence-corrected chi connectivity index (χ0v) is 18.8. The normalized spacial score (nSPS) is 11.3. The van der Waals surface area contributed by atoms with Gasteiger partial charge in [0.2, 0.25) is 0 Å². The smallest absolute Gasteiger partial charge is 0.273 e. The van der Waals surface area contributed by atoms with Crippen LogP contribution in [-0.4, -0.2) is 26.4 Å². The van der Waals surface area contributed by atoms with E-state index in [0.29, 0.717) is 27.7 Å². The molecule has 4 rings (SSSR count). The van der Waals surface area contributed by atoms with Crippen LogP contribution >= 0.6 is 11.6 Å². The Labute approximate surface area is 190 Å². The van der Waals surface area contributed by atoms with Crippen molar-refractivity contribution in [3.05, 3.63) is 83.0 Å². The van der Waals surface area contributed by atoms with Crippen molar-refractivity contribution < 1.29 is 17.9 Å². The Kier molecular flexibility index (Phi) is 5.82. The molecule has 4 aromatic rings. The number of nitrogens with one attached hydrogen (secondary N) is 3. The van der Waals surface area contributed by atoms with Gasteiger partial charge >= 0.3 is 0 Å². The second-order valence-electron chi connectivity index (χ2n) is 7.13. The number of ether oxygens (including phenoxy) is 1. The SMILES string of the molecule is COc1ccc(NS(=O)(=O)c2cc(NC(=O)c3[nH]c4ccccc4c3Cl)ccc2C)cc1. The number of hydrogen-bond acceptors (Lipinski definition) is 4. The zero-order valence-electron chi connectivity index (χ0n) is 17.3. The molecule has 0 saturated heterocycles. The molecule has 3 N–H and O–H groups in total. The predicted octanol–water partition coefficient (Wildman–Crippen LogP) is 5.19. The van der Waals surface area contributed by atoms with E-state index in [9.17, 15) is 13.2 Å². The van der Waals surface area contributed by atoms with Gasteiger partial charge in [0.05, 0.1) is 17.0 Å². The summed E-state index contributed by atoms with van der Waals surface area (Å²) in [7, 11) is -2.36. The molecular formula is C23H20ClN3O4S. The van der Waals surface area contributed by atoms with Gasteiger partial charge < -0.3 is 15.0 Å². The van der Waals surface area contributed by atoms with E-state index < -0.39 is 15.9 Å². The third kappa shape index (κ3) is 4.28. The summed E-state index contributed by atoms with van der Waals surface area (Å²) in [5.41, 5.74) is 2.19. The predicted molar refractivity (Wildman–Crippen MR) is 126 cm³/mol. The van der Waals surface area contributed by atoms with Crippen LogP contribution in [-0.2, 0) is 10.0 Å². The van der Waals surface area contributed by atoms with Gasteiger partial charge in [0, 0.05) is 22.3 Å². The van der Waals surface area contributed by atoms with E-state index in [0.717, 1.165) is 10.9 Å². The average molecular weight is 470 g/mol. The van der Waals surface area contributed by atoms with Gasteiger partial charge in [-0.25, -0.2) is 8.42 Å². The molecule has 0 radical (unpaired) electrons. The molecule has 9 heteroatoms. The van der Waals surface area contributed by atoms with Crippen molar-refractivity contribution >= 4 is 49.8 Å². The fourth-order valence-electron chi connectivity index (χ4n) is 3.29. The molecule has 0 atom stereocenters. The molecule has 164 valence electrons. The van der Waals surface area contributed by atoms with Crippen LogP contribution in [0, 0.1) is 6.92 Å². The number of halogens is 1. The molecule has 1 amide bonds. The quantitative estimate of drug-likeness (QED) is 0.361. The van der Waals surface area contributed by atoms with E-state index in [2.05, 4.69) is 15.0 Å². The number of anilines is 2. The fraction of sp³-hybridized carbons (Fsp3) is 0.0870. The van der Waals surface area contributed by atoms with E-state index in [1.165, 1.54) is 13.2 Å². The summed E-state index contributed by atoms with van der Waals surface area (Å²) in [5.74, 6) is 0.144. The first-order valence-electron chi connectivity index (χ1n) is 9.63. The number of amides is 1. The highest BCUT2D eigenvalue weighted by atomic mass is 35.5. The van der Waals surface area contributed by atoms with Gasteiger partial charge in [-0.05, 0) is 55.0 Å². The van der Waals surface area contributed by atoms with E-state index in [1.54, 1.807) is 43.3 Å². The molecule has 0 aliphatic carbocycles. The fourth-order valence-corrected chi connectivity index (χ4v) is 4.92. The Morgan fingerprint density at radius 1 is 1.00 bits per heavy atom. The van der Waals surface area contributed by atoms with E-state index in [-0.39, 0.29) is 10.6 Å². The molecule has 0 fully saturated rings. The van der Waals surface area contributed by atoms with Gasteiger partial charge in [-0.1, -0.05) is 35.9 Å². The first-order chi connectivity index (χ1) is 15.3. The maximum atomic E-state index is 13.0. The number of rotatable bonds is 6. The Balaban J connectivity index is 1.60. The molecule has 0 aliphatic rings. The van der Waals surface area contributed by atoms with Crippen LogP contribution in [0.1, 0.15) is 16.1 Å². The third-order valence-electron chi connectivity index (χ3n) is 4.95. The number of aryl methyl sites for hydroxylation is 1. The number of sulfonamides is 1. The molecule has 3 aromatic carbocycles. The molecule has 0 bridgehead atoms. The number of H-pyrrole nitrogens is 1. The van der Waals surface area contributed by atoms with Crippen molar-refractivity contribution in [3.8, 4) is 5.75 Å². The zero-order chi connectivity index (χ0) is 22.9. The number of carbonyl (C=O) groups excluding carboxylic acids is 1. The number of methoxy groups -OCH3 is 1. The maximum absolute atomic E-state index is 13.0. The van der Waals surface area contributed by atoms with Gasteiger partial charge in [0.1, 0.15) is 11.4 Å². The largest absolute Gasteiger partial charge is 0.497 e. The molecular weight excluding hydrogens is 450 g/mol. The summed E-state index contributed by atoms with van der Waals surface area (Å²) in [6, 6.07) is 18.5. The Morgan fingerprint density at radius 2 is 1.69 bits per heavy atom. The van der Waals surface area contributed by atoms with Crippen LogP contribution in [0.5, 0.6) is 5.75 Å². The molecule has 0 unspecified atom stereocenters. The van der Waals surface area contributed by atoms with Gasteiger partial charge in [-0.15, -0.1) is 0 Å². The standard InChI is InChI=1S/C23H20ClN3O4S/c1-14-7-8-16(25-23(28)22-21(24)18-5-3-4-6-19(18)26-22)13-20(14)32(29,30)27-15-9-11-17(31-2)12-10-15/h3-13,26-27H,1-2H3,(H,25,28). The van der Waals surface area contributed by atoms with Crippen molar-refractivity contribution in [1.82, 2.24) is 4.98 Å². The number of benzene rings is 3. The lowest BCUT2D eigenvalue weighted by molar-refractivity contribution is 0.102. The summed E-state index contributed by atoms with van der Waals surface area (Å²) in [6.45, 7) is 1.68. The van der Waals surface area contributed by atoms with Gasteiger partial charge in [-0.3, -0.25) is 9.52 Å². The van der Waals surface area contributed by atoms with Crippen LogP contribution < -0.4 is 14.8 Å². The Morgan fingerprint density at radius 3 is 2.38 bits per heavy atom. The molecule has 0 aliphatic heterocycles. The van der Waals surface area contributed by atoms with E-state index in [1.807, 2.05) is 24.3 Å². The minimum Gasteiger partial charge on any atom is -0.497 e. The number of aromatic nitrogens is 1. The minimum absolute atomic E-state index is 0.0499. The first-order valence-corrected chi connectivity index (χ1v) is 11.5. The van der Waals surface area contributed by atoms with E-state index in [4.69, 9.17) is 16.3 Å². The molecule has 0 saturated carbocycles. The summed E-state index contributed by atoms with van der Waals surface area (Å²) < 4.78 is 33.6. The highest BCUT2D eigenvalue weighted by molar-refractivity contribution is 7.92. The average Bonchev–Trinajstić information content (AvgIpc) is 3.12. The molecule has 7 nitrogen and oxygen atoms in total. The van der Waals surface area contributed by atoms with Gasteiger partial charge in [0.15, 0.2) is 0 Å². The summed E-state index contributed by atoms with van der Waals surface area (Å²) in [6.07, 6.45) is 0. The topological polar surface area (TPSA) is 100 Å². The summed E-state index contributed by atoms with van der Waals surface area (Å²) in [4.78, 5) is 15.8. The van der Waals surface area contributed by atoms with Crippen LogP contribution in [0.2, 0.25) is 5.02 Å². The number of hydrogen-bond donors (Lipinski definition) is 3. The lowest BCUT2D eigenvalue weighted by Gasteiger charge is -2.13.